The predicted molar refractivity (Wildman–Crippen MR) is 184 cm³/mol. The van der Waals surface area contributed by atoms with E-state index in [1.54, 1.807) is 20.9 Å². The number of benzene rings is 2. The van der Waals surface area contributed by atoms with E-state index in [9.17, 15) is 34.5 Å². The Bertz CT molecular complexity index is 1830. The zero-order valence-electron chi connectivity index (χ0n) is 28.9. The molecule has 0 bridgehead atoms. The molecular formula is C35H42N4O11S. The van der Waals surface area contributed by atoms with Crippen molar-refractivity contribution < 1.29 is 53.4 Å². The number of phenolic OH excluding ortho intramolecular Hbond substituents is 2. The highest BCUT2D eigenvalue weighted by molar-refractivity contribution is 7.80. The molecule has 2 aromatic carbocycles. The molecule has 5 rings (SSSR count). The first-order valence-corrected chi connectivity index (χ1v) is 17.1. The molecule has 0 radical (unpaired) electrons. The van der Waals surface area contributed by atoms with E-state index in [0.29, 0.717) is 31.2 Å². The van der Waals surface area contributed by atoms with E-state index in [0.717, 1.165) is 0 Å². The summed E-state index contributed by atoms with van der Waals surface area (Å²) in [6, 6.07) is 4.49. The van der Waals surface area contributed by atoms with Gasteiger partial charge in [-0.2, -0.15) is 12.6 Å². The second-order valence-electron chi connectivity index (χ2n) is 12.7. The van der Waals surface area contributed by atoms with Crippen LogP contribution in [0.15, 0.2) is 24.4 Å². The average molecular weight is 727 g/mol. The number of ketones is 3. The minimum absolute atomic E-state index is 0.00447. The number of fused-ring (bicyclic) bond motifs is 3. The van der Waals surface area contributed by atoms with Gasteiger partial charge in [0.1, 0.15) is 41.2 Å². The van der Waals surface area contributed by atoms with E-state index < -0.39 is 52.9 Å². The second kappa shape index (κ2) is 15.9. The number of aromatic nitrogens is 3. The van der Waals surface area contributed by atoms with Crippen LogP contribution in [0, 0.1) is 0 Å². The highest BCUT2D eigenvalue weighted by atomic mass is 32.1. The van der Waals surface area contributed by atoms with E-state index in [1.165, 1.54) is 41.1 Å². The summed E-state index contributed by atoms with van der Waals surface area (Å²) < 4.78 is 23.0. The Kier molecular flexibility index (Phi) is 11.8. The largest absolute Gasteiger partial charge is 0.507 e. The lowest BCUT2D eigenvalue weighted by Crippen LogP contribution is -2.46. The zero-order chi connectivity index (χ0) is 37.0. The Morgan fingerprint density at radius 2 is 1.82 bits per heavy atom. The van der Waals surface area contributed by atoms with Gasteiger partial charge in [0.15, 0.2) is 11.6 Å². The molecule has 0 saturated carbocycles. The van der Waals surface area contributed by atoms with Crippen LogP contribution in [0.2, 0.25) is 0 Å². The van der Waals surface area contributed by atoms with Crippen molar-refractivity contribution in [2.75, 3.05) is 52.9 Å². The van der Waals surface area contributed by atoms with Gasteiger partial charge >= 0.3 is 0 Å². The van der Waals surface area contributed by atoms with Crippen LogP contribution in [-0.4, -0.2) is 123 Å². The van der Waals surface area contributed by atoms with Crippen LogP contribution in [0.25, 0.3) is 0 Å². The molecule has 3 aromatic rings. The minimum atomic E-state index is -1.99. The third-order valence-electron chi connectivity index (χ3n) is 9.15. The van der Waals surface area contributed by atoms with Gasteiger partial charge in [0.2, 0.25) is 5.78 Å². The lowest BCUT2D eigenvalue weighted by molar-refractivity contribution is -0.142. The van der Waals surface area contributed by atoms with Crippen molar-refractivity contribution in [1.82, 2.24) is 19.9 Å². The van der Waals surface area contributed by atoms with Crippen LogP contribution in [0.3, 0.4) is 0 Å². The number of nitrogens with zero attached hydrogens (tertiary/aromatic N) is 4. The third-order valence-corrected chi connectivity index (χ3v) is 9.34. The topological polar surface area (TPSA) is 200 Å². The van der Waals surface area contributed by atoms with Crippen molar-refractivity contribution in [3.8, 4) is 17.2 Å². The molecule has 0 saturated heterocycles. The molecule has 51 heavy (non-hydrogen) atoms. The quantitative estimate of drug-likeness (QED) is 0.0742. The van der Waals surface area contributed by atoms with E-state index in [-0.39, 0.29) is 77.8 Å². The van der Waals surface area contributed by atoms with Crippen LogP contribution in [-0.2, 0) is 43.4 Å². The normalized spacial score (nSPS) is 18.5. The summed E-state index contributed by atoms with van der Waals surface area (Å²) in [5, 5.41) is 42.4. The third kappa shape index (κ3) is 7.65. The number of Topliss-reactive ketones (excluding diaryl/α,β-unsaturated/α-hetero) is 1. The van der Waals surface area contributed by atoms with Gasteiger partial charge < -0.3 is 39.2 Å². The van der Waals surface area contributed by atoms with Crippen LogP contribution in [0.4, 0.5) is 0 Å². The number of rotatable bonds is 16. The first-order valence-electron chi connectivity index (χ1n) is 16.5. The maximum absolute atomic E-state index is 13.6. The number of phenols is 2. The molecule has 3 N–H and O–H groups in total. The number of likely N-dealkylation sites (N-methyl/N-ethyl adjacent to an activating group) is 1. The number of methoxy groups -OCH3 is 1. The summed E-state index contributed by atoms with van der Waals surface area (Å²) in [4.78, 5) is 54.8. The van der Waals surface area contributed by atoms with Gasteiger partial charge in [-0.25, -0.2) is 4.68 Å². The van der Waals surface area contributed by atoms with Gasteiger partial charge in [0.25, 0.3) is 5.91 Å². The number of carbonyl (C=O) groups excluding carboxylic acids is 4. The summed E-state index contributed by atoms with van der Waals surface area (Å²) in [7, 11) is 3.00. The average Bonchev–Trinajstić information content (AvgIpc) is 3.56. The number of amides is 1. The highest BCUT2D eigenvalue weighted by Gasteiger charge is 2.47. The first-order chi connectivity index (χ1) is 24.3. The molecule has 2 aliphatic rings. The van der Waals surface area contributed by atoms with Gasteiger partial charge in [-0.15, -0.1) is 5.10 Å². The highest BCUT2D eigenvalue weighted by Crippen LogP contribution is 2.51. The molecule has 0 aliphatic heterocycles. The van der Waals surface area contributed by atoms with Crippen molar-refractivity contribution in [3.63, 3.8) is 0 Å². The summed E-state index contributed by atoms with van der Waals surface area (Å²) in [6.45, 7) is 4.68. The van der Waals surface area contributed by atoms with Crippen molar-refractivity contribution >= 4 is 35.9 Å². The number of aromatic hydroxyl groups is 2. The number of thiol groups is 1. The molecule has 15 nitrogen and oxygen atoms in total. The second-order valence-corrected chi connectivity index (χ2v) is 13.1. The standard InChI is InChI=1S/C35H42N4O11S/c1-19-14-35(46,15-23-26(19)32(43)29-28(31(23)42)30(41)22-6-5-7-24(47-4)27(22)33(29)44)25(40)17-39-16-21(36-37-39)18-49-9-8-38(3)34(45)20(2)50-11-10-48-12-13-51/h5-7,16,19-20,42-43,46,51H,8-15,17-18H2,1-4H3/t19-,20-,35+/m0/s1. The maximum Gasteiger partial charge on any atom is 0.251 e. The van der Waals surface area contributed by atoms with E-state index in [2.05, 4.69) is 22.9 Å². The van der Waals surface area contributed by atoms with Gasteiger partial charge in [-0.3, -0.25) is 19.2 Å². The first kappa shape index (κ1) is 37.9. The fourth-order valence-corrected chi connectivity index (χ4v) is 6.74. The monoisotopic (exact) mass is 726 g/mol. The molecule has 2 aliphatic carbocycles. The number of aliphatic hydroxyl groups is 1. The zero-order valence-corrected chi connectivity index (χ0v) is 29.8. The molecule has 1 amide bonds. The summed E-state index contributed by atoms with van der Waals surface area (Å²) in [5.41, 5.74) is -2.10. The molecule has 1 heterocycles. The molecule has 16 heteroatoms. The van der Waals surface area contributed by atoms with Crippen molar-refractivity contribution in [3.05, 3.63) is 63.5 Å². The van der Waals surface area contributed by atoms with Gasteiger partial charge in [-0.1, -0.05) is 24.3 Å². The molecule has 3 atom stereocenters. The fraction of sp³-hybridized carbons (Fsp3) is 0.486. The SMILES string of the molecule is COc1cccc2c1C(=O)c1c(O)c3c(c(O)c1C2=O)C[C@@](O)(C(=O)Cn1cc(COCCN(C)C(=O)[C@H](C)OCCOCCS)nn1)C[C@@H]3C. The lowest BCUT2D eigenvalue weighted by Gasteiger charge is -2.37. The van der Waals surface area contributed by atoms with Crippen molar-refractivity contribution in [2.45, 2.75) is 57.5 Å². The molecule has 0 fully saturated rings. The number of ether oxygens (including phenoxy) is 4. The number of hydrogen-bond acceptors (Lipinski definition) is 14. The Hall–Kier alpha value is -4.35. The van der Waals surface area contributed by atoms with E-state index in [4.69, 9.17) is 18.9 Å². The van der Waals surface area contributed by atoms with Crippen LogP contribution in [0.5, 0.6) is 17.2 Å². The molecule has 0 unspecified atom stereocenters. The Morgan fingerprint density at radius 3 is 2.55 bits per heavy atom. The smallest absolute Gasteiger partial charge is 0.251 e. The summed E-state index contributed by atoms with van der Waals surface area (Å²) >= 11 is 4.06. The summed E-state index contributed by atoms with van der Waals surface area (Å²) in [6.07, 6.45) is 0.320. The minimum Gasteiger partial charge on any atom is -0.507 e. The lowest BCUT2D eigenvalue weighted by atomic mass is 9.69. The Morgan fingerprint density at radius 1 is 1.08 bits per heavy atom. The molecule has 1 aromatic heterocycles. The van der Waals surface area contributed by atoms with E-state index >= 15 is 0 Å². The number of hydrogen-bond donors (Lipinski definition) is 4. The molecule has 0 spiro atoms. The van der Waals surface area contributed by atoms with Gasteiger partial charge in [0.05, 0.1) is 63.0 Å². The van der Waals surface area contributed by atoms with Crippen LogP contribution < -0.4 is 4.74 Å². The van der Waals surface area contributed by atoms with Crippen LogP contribution in [0.1, 0.15) is 74.8 Å². The maximum atomic E-state index is 13.6. The molecule has 274 valence electrons. The predicted octanol–water partition coefficient (Wildman–Crippen LogP) is 1.85. The Balaban J connectivity index is 1.20. The van der Waals surface area contributed by atoms with Crippen molar-refractivity contribution in [2.24, 2.45) is 0 Å². The summed E-state index contributed by atoms with van der Waals surface area (Å²) in [5.74, 6) is -3.16. The molecular weight excluding hydrogens is 684 g/mol. The van der Waals surface area contributed by atoms with Crippen molar-refractivity contribution in [1.29, 1.82) is 0 Å². The fourth-order valence-electron chi connectivity index (χ4n) is 6.61. The van der Waals surface area contributed by atoms with Gasteiger partial charge in [0, 0.05) is 42.5 Å². The van der Waals surface area contributed by atoms with Gasteiger partial charge in [-0.05, 0) is 25.3 Å². The van der Waals surface area contributed by atoms with E-state index in [1.807, 2.05) is 0 Å². The number of carbonyl (C=O) groups is 4. The van der Waals surface area contributed by atoms with Crippen LogP contribution >= 0.6 is 12.6 Å². The Labute approximate surface area is 299 Å².